The van der Waals surface area contributed by atoms with Crippen molar-refractivity contribution in [2.24, 2.45) is 0 Å². The highest BCUT2D eigenvalue weighted by molar-refractivity contribution is 5.84. The van der Waals surface area contributed by atoms with E-state index >= 15 is 0 Å². The molecule has 94 valence electrons. The summed E-state index contributed by atoms with van der Waals surface area (Å²) >= 11 is 0. The van der Waals surface area contributed by atoms with Crippen LogP contribution in [0.4, 0.5) is 0 Å². The monoisotopic (exact) mass is 246 g/mol. The van der Waals surface area contributed by atoms with Crippen LogP contribution < -0.4 is 10.4 Å². The molecule has 3 rings (SSSR count). The van der Waals surface area contributed by atoms with E-state index in [0.29, 0.717) is 29.7 Å². The second-order valence-electron chi connectivity index (χ2n) is 4.90. The first-order chi connectivity index (χ1) is 8.63. The highest BCUT2D eigenvalue weighted by atomic mass is 16.5. The van der Waals surface area contributed by atoms with Crippen LogP contribution in [0.3, 0.4) is 0 Å². The quantitative estimate of drug-likeness (QED) is 0.780. The number of ether oxygens (including phenoxy) is 1. The Labute approximate surface area is 104 Å². The molecule has 1 atom stereocenters. The Morgan fingerprint density at radius 2 is 2.17 bits per heavy atom. The molecule has 0 amide bonds. The first-order valence-electron chi connectivity index (χ1n) is 5.97. The number of hydrogen-bond acceptors (Lipinski definition) is 4. The third kappa shape index (κ3) is 1.61. The van der Waals surface area contributed by atoms with Crippen LogP contribution in [0.2, 0.25) is 0 Å². The van der Waals surface area contributed by atoms with E-state index in [2.05, 4.69) is 0 Å². The van der Waals surface area contributed by atoms with Gasteiger partial charge in [0.05, 0.1) is 17.6 Å². The van der Waals surface area contributed by atoms with E-state index in [0.717, 1.165) is 5.39 Å². The van der Waals surface area contributed by atoms with E-state index in [-0.39, 0.29) is 12.2 Å². The third-order valence-electron chi connectivity index (χ3n) is 3.44. The topological polar surface area (TPSA) is 59.7 Å². The minimum Gasteiger partial charge on any atom is -0.484 e. The van der Waals surface area contributed by atoms with Gasteiger partial charge in [-0.3, -0.25) is 0 Å². The number of aliphatic hydroxyl groups is 1. The molecule has 1 aromatic carbocycles. The van der Waals surface area contributed by atoms with Gasteiger partial charge < -0.3 is 14.3 Å². The molecule has 1 aliphatic heterocycles. The Morgan fingerprint density at radius 3 is 2.94 bits per heavy atom. The Balaban J connectivity index is 2.28. The molecular formula is C14H14O4. The van der Waals surface area contributed by atoms with Gasteiger partial charge in [-0.25, -0.2) is 4.79 Å². The average molecular weight is 246 g/mol. The van der Waals surface area contributed by atoms with Gasteiger partial charge in [-0.05, 0) is 31.9 Å². The molecule has 0 aliphatic carbocycles. The molecule has 18 heavy (non-hydrogen) atoms. The van der Waals surface area contributed by atoms with Crippen molar-refractivity contribution < 1.29 is 14.3 Å². The minimum atomic E-state index is -0.621. The molecule has 4 nitrogen and oxygen atoms in total. The van der Waals surface area contributed by atoms with Gasteiger partial charge in [0.2, 0.25) is 0 Å². The average Bonchev–Trinajstić information content (AvgIpc) is 2.39. The number of aliphatic hydroxyl groups excluding tert-OH is 1. The lowest BCUT2D eigenvalue weighted by Crippen LogP contribution is -2.41. The smallest absolute Gasteiger partial charge is 0.343 e. The summed E-state index contributed by atoms with van der Waals surface area (Å²) in [7, 11) is 0. The maximum absolute atomic E-state index is 11.9. The summed E-state index contributed by atoms with van der Waals surface area (Å²) in [5, 5.41) is 10.2. The van der Waals surface area contributed by atoms with Crippen molar-refractivity contribution in [3.05, 3.63) is 40.2 Å². The lowest BCUT2D eigenvalue weighted by atomic mass is 9.93. The predicted molar refractivity (Wildman–Crippen MR) is 66.9 cm³/mol. The van der Waals surface area contributed by atoms with Crippen molar-refractivity contribution in [2.45, 2.75) is 25.4 Å². The fourth-order valence-corrected chi connectivity index (χ4v) is 2.29. The van der Waals surface area contributed by atoms with Crippen LogP contribution in [0.1, 0.15) is 18.9 Å². The molecule has 0 saturated heterocycles. The Hall–Kier alpha value is -1.81. The van der Waals surface area contributed by atoms with Crippen LogP contribution in [-0.4, -0.2) is 17.3 Å². The van der Waals surface area contributed by atoms with Gasteiger partial charge in [-0.1, -0.05) is 12.1 Å². The Bertz CT molecular complexity index is 658. The molecule has 1 aromatic heterocycles. The Kier molecular flexibility index (Phi) is 2.41. The van der Waals surface area contributed by atoms with Gasteiger partial charge in [0.25, 0.3) is 0 Å². The molecule has 1 aliphatic rings. The largest absolute Gasteiger partial charge is 0.484 e. The molecule has 0 unspecified atom stereocenters. The molecule has 0 spiro atoms. The minimum absolute atomic E-state index is 0.0685. The van der Waals surface area contributed by atoms with Crippen LogP contribution in [0.25, 0.3) is 11.0 Å². The van der Waals surface area contributed by atoms with Crippen LogP contribution in [-0.2, 0) is 6.42 Å². The zero-order chi connectivity index (χ0) is 12.8. The summed E-state index contributed by atoms with van der Waals surface area (Å²) in [5.41, 5.74) is 0.121. The van der Waals surface area contributed by atoms with Gasteiger partial charge >= 0.3 is 5.63 Å². The highest BCUT2D eigenvalue weighted by Gasteiger charge is 2.33. The van der Waals surface area contributed by atoms with Crippen molar-refractivity contribution >= 4 is 11.0 Å². The zero-order valence-electron chi connectivity index (χ0n) is 10.1. The second kappa shape index (κ2) is 3.85. The van der Waals surface area contributed by atoms with Crippen LogP contribution in [0.5, 0.6) is 5.75 Å². The number of benzene rings is 1. The molecule has 4 heteroatoms. The fraction of sp³-hybridized carbons (Fsp3) is 0.357. The molecule has 0 fully saturated rings. The van der Waals surface area contributed by atoms with Gasteiger partial charge in [0.15, 0.2) is 0 Å². The molecular weight excluding hydrogens is 232 g/mol. The van der Waals surface area contributed by atoms with Crippen LogP contribution in [0, 0.1) is 0 Å². The van der Waals surface area contributed by atoms with Gasteiger partial charge in [-0.15, -0.1) is 0 Å². The zero-order valence-corrected chi connectivity index (χ0v) is 10.1. The maximum atomic E-state index is 11.9. The summed E-state index contributed by atoms with van der Waals surface area (Å²) < 4.78 is 11.1. The lowest BCUT2D eigenvalue weighted by Gasteiger charge is -2.34. The molecule has 0 saturated carbocycles. The summed E-state index contributed by atoms with van der Waals surface area (Å²) in [6, 6.07) is 7.29. The van der Waals surface area contributed by atoms with Crippen LogP contribution >= 0.6 is 0 Å². The van der Waals surface area contributed by atoms with E-state index in [9.17, 15) is 9.90 Å². The van der Waals surface area contributed by atoms with E-state index in [4.69, 9.17) is 9.15 Å². The fourth-order valence-electron chi connectivity index (χ4n) is 2.29. The van der Waals surface area contributed by atoms with Crippen molar-refractivity contribution in [2.75, 3.05) is 6.61 Å². The van der Waals surface area contributed by atoms with E-state index in [1.165, 1.54) is 0 Å². The van der Waals surface area contributed by atoms with Crippen molar-refractivity contribution in [1.29, 1.82) is 0 Å². The molecule has 1 N–H and O–H groups in total. The number of hydrogen-bond donors (Lipinski definition) is 1. The van der Waals surface area contributed by atoms with Gasteiger partial charge in [-0.2, -0.15) is 0 Å². The molecule has 2 aromatic rings. The number of para-hydroxylation sites is 1. The van der Waals surface area contributed by atoms with Gasteiger partial charge in [0.1, 0.15) is 16.9 Å². The first kappa shape index (κ1) is 11.3. The van der Waals surface area contributed by atoms with Crippen LogP contribution in [0.15, 0.2) is 33.5 Å². The summed E-state index contributed by atoms with van der Waals surface area (Å²) in [5.74, 6) is 0.560. The summed E-state index contributed by atoms with van der Waals surface area (Å²) in [4.78, 5) is 11.9. The molecule has 0 bridgehead atoms. The predicted octanol–water partition coefficient (Wildman–Crippen LogP) is 1.87. The SMILES string of the molecule is C[C@]1(CO)CCc2c(c3ccccc3oc2=O)O1. The van der Waals surface area contributed by atoms with Gasteiger partial charge in [0, 0.05) is 0 Å². The first-order valence-corrected chi connectivity index (χ1v) is 5.97. The Morgan fingerprint density at radius 1 is 1.39 bits per heavy atom. The normalized spacial score (nSPS) is 22.6. The van der Waals surface area contributed by atoms with Crippen molar-refractivity contribution in [1.82, 2.24) is 0 Å². The number of rotatable bonds is 1. The molecule has 0 radical (unpaired) electrons. The summed E-state index contributed by atoms with van der Waals surface area (Å²) in [6.07, 6.45) is 1.18. The van der Waals surface area contributed by atoms with E-state index in [1.54, 1.807) is 6.07 Å². The molecule has 2 heterocycles. The second-order valence-corrected chi connectivity index (χ2v) is 4.90. The number of fused-ring (bicyclic) bond motifs is 3. The van der Waals surface area contributed by atoms with Crippen molar-refractivity contribution in [3.63, 3.8) is 0 Å². The van der Waals surface area contributed by atoms with Crippen molar-refractivity contribution in [3.8, 4) is 5.75 Å². The highest BCUT2D eigenvalue weighted by Crippen LogP contribution is 2.36. The third-order valence-corrected chi connectivity index (χ3v) is 3.44. The van der Waals surface area contributed by atoms with E-state index < -0.39 is 5.60 Å². The lowest BCUT2D eigenvalue weighted by molar-refractivity contribution is 0.00855. The summed E-state index contributed by atoms with van der Waals surface area (Å²) in [6.45, 7) is 1.78. The van der Waals surface area contributed by atoms with E-state index in [1.807, 2.05) is 25.1 Å². The maximum Gasteiger partial charge on any atom is 0.343 e. The standard InChI is InChI=1S/C14H14O4/c1-14(8-15)7-6-10-12(18-14)9-4-2-3-5-11(9)17-13(10)16/h2-5,15H,6-8H2,1H3/t14-/m1/s1.